The van der Waals surface area contributed by atoms with Crippen molar-refractivity contribution in [3.05, 3.63) is 94.5 Å². The number of rotatable bonds is 5. The summed E-state index contributed by atoms with van der Waals surface area (Å²) in [5.41, 5.74) is 2.83. The molecule has 0 radical (unpaired) electrons. The number of pyridine rings is 2. The third-order valence-electron chi connectivity index (χ3n) is 6.04. The molecule has 0 saturated heterocycles. The number of nitrogens with one attached hydrogen (secondary N) is 1. The Labute approximate surface area is 220 Å². The van der Waals surface area contributed by atoms with Gasteiger partial charge >= 0.3 is 6.18 Å². The lowest BCUT2D eigenvalue weighted by atomic mass is 9.96. The Hall–Kier alpha value is -4.37. The Morgan fingerprint density at radius 3 is 2.37 bits per heavy atom. The minimum atomic E-state index is -4.79. The molecule has 2 aromatic carbocycles. The van der Waals surface area contributed by atoms with Crippen LogP contribution in [0.15, 0.2) is 66.9 Å². The highest BCUT2D eigenvalue weighted by Gasteiger charge is 2.36. The number of hydrogen-bond donors (Lipinski definition) is 1. The highest BCUT2D eigenvalue weighted by Crippen LogP contribution is 2.40. The summed E-state index contributed by atoms with van der Waals surface area (Å²) in [6.07, 6.45) is -2.98. The first kappa shape index (κ1) is 25.3. The number of alkyl halides is 3. The smallest absolute Gasteiger partial charge is 0.338 e. The van der Waals surface area contributed by atoms with Gasteiger partial charge in [0.25, 0.3) is 0 Å². The molecular formula is C28H19ClF3N5O. The summed E-state index contributed by atoms with van der Waals surface area (Å²) in [6.45, 7) is 3.70. The van der Waals surface area contributed by atoms with Gasteiger partial charge in [-0.2, -0.15) is 13.2 Å². The highest BCUT2D eigenvalue weighted by atomic mass is 35.5. The number of aromatic nitrogens is 4. The molecule has 0 bridgehead atoms. The van der Waals surface area contributed by atoms with Crippen LogP contribution in [0, 0.1) is 13.8 Å². The molecule has 6 nitrogen and oxygen atoms in total. The van der Waals surface area contributed by atoms with E-state index < -0.39 is 17.4 Å². The number of anilines is 2. The summed E-state index contributed by atoms with van der Waals surface area (Å²) in [5.74, 6) is 1.14. The molecule has 10 heteroatoms. The van der Waals surface area contributed by atoms with Gasteiger partial charge in [0, 0.05) is 28.6 Å². The molecule has 0 saturated carbocycles. The topological polar surface area (TPSA) is 80.7 Å². The van der Waals surface area contributed by atoms with Crippen molar-refractivity contribution in [1.29, 1.82) is 0 Å². The second-order valence-corrected chi connectivity index (χ2v) is 8.89. The van der Waals surface area contributed by atoms with Gasteiger partial charge in [0.2, 0.25) is 0 Å². The number of carbonyl (C=O) groups excluding carboxylic acids is 1. The minimum Gasteiger partial charge on any atom is -0.338 e. The van der Waals surface area contributed by atoms with Gasteiger partial charge in [-0.1, -0.05) is 41.9 Å². The van der Waals surface area contributed by atoms with E-state index in [4.69, 9.17) is 11.6 Å². The second kappa shape index (κ2) is 9.83. The molecule has 0 aliphatic heterocycles. The van der Waals surface area contributed by atoms with Gasteiger partial charge in [0.15, 0.2) is 17.8 Å². The molecule has 0 atom stereocenters. The van der Waals surface area contributed by atoms with Crippen LogP contribution in [0.1, 0.15) is 27.4 Å². The number of benzene rings is 2. The van der Waals surface area contributed by atoms with Crippen molar-refractivity contribution in [1.82, 2.24) is 19.9 Å². The Balaban J connectivity index is 1.59. The van der Waals surface area contributed by atoms with E-state index in [2.05, 4.69) is 25.3 Å². The molecule has 5 aromatic rings. The summed E-state index contributed by atoms with van der Waals surface area (Å²) in [7, 11) is 0. The van der Waals surface area contributed by atoms with Crippen molar-refractivity contribution in [3.63, 3.8) is 0 Å². The van der Waals surface area contributed by atoms with Crippen molar-refractivity contribution in [2.45, 2.75) is 20.0 Å². The van der Waals surface area contributed by atoms with Crippen LogP contribution < -0.4 is 5.32 Å². The highest BCUT2D eigenvalue weighted by molar-refractivity contribution is 6.36. The van der Waals surface area contributed by atoms with Crippen LogP contribution in [0.5, 0.6) is 0 Å². The number of hydrogen-bond acceptors (Lipinski definition) is 6. The molecule has 5 rings (SSSR count). The lowest BCUT2D eigenvalue weighted by Gasteiger charge is -2.17. The molecule has 0 amide bonds. The van der Waals surface area contributed by atoms with Gasteiger partial charge in [-0.05, 0) is 55.3 Å². The van der Waals surface area contributed by atoms with Crippen LogP contribution in [0.25, 0.3) is 33.4 Å². The molecule has 3 aromatic heterocycles. The van der Waals surface area contributed by atoms with Crippen LogP contribution >= 0.6 is 11.6 Å². The summed E-state index contributed by atoms with van der Waals surface area (Å²) >= 11 is 6.76. The lowest BCUT2D eigenvalue weighted by molar-refractivity contribution is -0.141. The van der Waals surface area contributed by atoms with E-state index in [1.165, 1.54) is 6.07 Å². The average molecular weight is 534 g/mol. The minimum absolute atomic E-state index is 0.00992. The summed E-state index contributed by atoms with van der Waals surface area (Å²) < 4.78 is 40.5. The quantitative estimate of drug-likeness (QED) is 0.234. The maximum Gasteiger partial charge on any atom is 0.434 e. The maximum absolute atomic E-state index is 13.5. The van der Waals surface area contributed by atoms with Gasteiger partial charge < -0.3 is 5.32 Å². The molecule has 0 aliphatic rings. The van der Waals surface area contributed by atoms with E-state index in [-0.39, 0.29) is 17.0 Å². The number of nitrogens with zero attached hydrogens (tertiary/aromatic N) is 4. The lowest BCUT2D eigenvalue weighted by Crippen LogP contribution is -2.12. The fourth-order valence-corrected chi connectivity index (χ4v) is 4.57. The van der Waals surface area contributed by atoms with E-state index in [1.807, 2.05) is 31.2 Å². The fourth-order valence-electron chi connectivity index (χ4n) is 4.24. The number of halogens is 4. The zero-order valence-electron chi connectivity index (χ0n) is 20.1. The van der Waals surface area contributed by atoms with Gasteiger partial charge in [0.05, 0.1) is 16.2 Å². The molecular weight excluding hydrogens is 515 g/mol. The number of aldehydes is 1. The molecule has 3 heterocycles. The standard InChI is InChI=1S/C28H19ClF3N5O/c1-15-18(6-4-9-21(15)37-27-25-23(10-5-13-33-25)34-16(2)35-27)19-7-3-8-20(24(19)29)22-12-11-17(14-38)26(36-22)28(30,31)32/h3-14H,1-2H3,(H,34,35,37). The Morgan fingerprint density at radius 1 is 0.868 bits per heavy atom. The predicted molar refractivity (Wildman–Crippen MR) is 141 cm³/mol. The average Bonchev–Trinajstić information content (AvgIpc) is 2.89. The van der Waals surface area contributed by atoms with Crippen LogP contribution in [0.4, 0.5) is 24.7 Å². The molecule has 190 valence electrons. The zero-order valence-corrected chi connectivity index (χ0v) is 20.9. The Bertz CT molecular complexity index is 1700. The number of fused-ring (bicyclic) bond motifs is 1. The monoisotopic (exact) mass is 533 g/mol. The third kappa shape index (κ3) is 4.68. The van der Waals surface area contributed by atoms with E-state index in [0.717, 1.165) is 22.9 Å². The molecule has 1 N–H and O–H groups in total. The predicted octanol–water partition coefficient (Wildman–Crippen LogP) is 7.60. The third-order valence-corrected chi connectivity index (χ3v) is 6.45. The maximum atomic E-state index is 13.5. The van der Waals surface area contributed by atoms with Crippen molar-refractivity contribution in [3.8, 4) is 22.4 Å². The summed E-state index contributed by atoms with van der Waals surface area (Å²) in [6, 6.07) is 16.8. The van der Waals surface area contributed by atoms with Crippen LogP contribution in [-0.2, 0) is 6.18 Å². The van der Waals surface area contributed by atoms with Gasteiger partial charge in [-0.15, -0.1) is 0 Å². The molecule has 0 fully saturated rings. The molecule has 38 heavy (non-hydrogen) atoms. The van der Waals surface area contributed by atoms with Gasteiger partial charge in [-0.25, -0.2) is 15.0 Å². The van der Waals surface area contributed by atoms with Crippen molar-refractivity contribution >= 4 is 40.4 Å². The van der Waals surface area contributed by atoms with E-state index in [0.29, 0.717) is 33.8 Å². The normalized spacial score (nSPS) is 11.5. The SMILES string of the molecule is Cc1nc(Nc2cccc(-c3cccc(-c4ccc(C=O)c(C(F)(F)F)n4)c3Cl)c2C)c2ncccc2n1. The van der Waals surface area contributed by atoms with Crippen molar-refractivity contribution < 1.29 is 18.0 Å². The van der Waals surface area contributed by atoms with E-state index >= 15 is 0 Å². The number of carbonyl (C=O) groups is 1. The molecule has 0 spiro atoms. The van der Waals surface area contributed by atoms with Gasteiger partial charge in [-0.3, -0.25) is 9.78 Å². The first-order chi connectivity index (χ1) is 18.2. The molecule has 0 unspecified atom stereocenters. The zero-order chi connectivity index (χ0) is 27.0. The van der Waals surface area contributed by atoms with E-state index in [9.17, 15) is 18.0 Å². The van der Waals surface area contributed by atoms with Crippen molar-refractivity contribution in [2.24, 2.45) is 0 Å². The summed E-state index contributed by atoms with van der Waals surface area (Å²) in [5, 5.41) is 3.58. The second-order valence-electron chi connectivity index (χ2n) is 8.51. The summed E-state index contributed by atoms with van der Waals surface area (Å²) in [4.78, 5) is 28.2. The largest absolute Gasteiger partial charge is 0.434 e. The first-order valence-electron chi connectivity index (χ1n) is 11.5. The van der Waals surface area contributed by atoms with Crippen molar-refractivity contribution in [2.75, 3.05) is 5.32 Å². The van der Waals surface area contributed by atoms with Crippen LogP contribution in [-0.4, -0.2) is 26.2 Å². The molecule has 0 aliphatic carbocycles. The Morgan fingerprint density at radius 2 is 1.61 bits per heavy atom. The van der Waals surface area contributed by atoms with Crippen LogP contribution in [0.2, 0.25) is 5.02 Å². The number of aryl methyl sites for hydroxylation is 1. The first-order valence-corrected chi connectivity index (χ1v) is 11.8. The van der Waals surface area contributed by atoms with E-state index in [1.54, 1.807) is 37.4 Å². The van der Waals surface area contributed by atoms with Crippen LogP contribution in [0.3, 0.4) is 0 Å². The Kier molecular flexibility index (Phi) is 6.54. The fraction of sp³-hybridized carbons (Fsp3) is 0.107. The van der Waals surface area contributed by atoms with Gasteiger partial charge in [0.1, 0.15) is 11.3 Å².